The fourth-order valence-corrected chi connectivity index (χ4v) is 3.22. The smallest absolute Gasteiger partial charge is 0.116 e. The number of nitrogens with two attached hydrogens (primary N) is 1. The van der Waals surface area contributed by atoms with Gasteiger partial charge in [-0.1, -0.05) is 19.3 Å². The third kappa shape index (κ3) is 3.24. The number of aromatic nitrogens is 2. The third-order valence-corrected chi connectivity index (χ3v) is 4.29. The number of hydrogen-bond acceptors (Lipinski definition) is 3. The van der Waals surface area contributed by atoms with Crippen molar-refractivity contribution in [3.05, 3.63) is 17.7 Å². The van der Waals surface area contributed by atoms with Crippen LogP contribution in [0, 0.1) is 0 Å². The van der Waals surface area contributed by atoms with Gasteiger partial charge in [-0.2, -0.15) is 11.8 Å². The lowest BCUT2D eigenvalue weighted by atomic mass is 10.0. The second-order valence-corrected chi connectivity index (χ2v) is 5.42. The van der Waals surface area contributed by atoms with Crippen molar-refractivity contribution in [3.63, 3.8) is 0 Å². The topological polar surface area (TPSA) is 54.7 Å². The van der Waals surface area contributed by atoms with Crippen LogP contribution in [0.4, 0.5) is 0 Å². The van der Waals surface area contributed by atoms with E-state index in [9.17, 15) is 0 Å². The van der Waals surface area contributed by atoms with E-state index >= 15 is 0 Å². The molecule has 2 rings (SSSR count). The Hall–Kier alpha value is -0.480. The van der Waals surface area contributed by atoms with Crippen LogP contribution in [0.25, 0.3) is 0 Å². The molecule has 1 aromatic heterocycles. The Balaban J connectivity index is 1.76. The fourth-order valence-electron chi connectivity index (χ4n) is 2.01. The first-order chi connectivity index (χ1) is 7.38. The molecule has 0 bridgehead atoms. The van der Waals surface area contributed by atoms with Gasteiger partial charge in [0.1, 0.15) is 5.82 Å². The van der Waals surface area contributed by atoms with Crippen LogP contribution in [-0.4, -0.2) is 15.2 Å². The lowest BCUT2D eigenvalue weighted by Gasteiger charge is -2.20. The molecule has 0 spiro atoms. The Morgan fingerprint density at radius 2 is 2.20 bits per heavy atom. The molecule has 1 saturated carbocycles. The fraction of sp³-hybridized carbons (Fsp3) is 0.727. The Morgan fingerprint density at radius 1 is 1.40 bits per heavy atom. The number of rotatable bonds is 4. The summed E-state index contributed by atoms with van der Waals surface area (Å²) in [6.45, 7) is 0.557. The van der Waals surface area contributed by atoms with Crippen LogP contribution in [0.15, 0.2) is 6.20 Å². The highest BCUT2D eigenvalue weighted by Crippen LogP contribution is 2.29. The minimum atomic E-state index is 0.557. The van der Waals surface area contributed by atoms with Crippen LogP contribution in [0.2, 0.25) is 0 Å². The molecule has 0 amide bonds. The zero-order valence-corrected chi connectivity index (χ0v) is 9.85. The standard InChI is InChI=1S/C11H19N3S/c12-6-9-7-13-11(14-9)8-15-10-4-2-1-3-5-10/h7,10H,1-6,8,12H2,(H,13,14). The van der Waals surface area contributed by atoms with Crippen LogP contribution in [0.1, 0.15) is 43.6 Å². The normalized spacial score (nSPS) is 18.2. The first-order valence-corrected chi connectivity index (χ1v) is 6.78. The maximum atomic E-state index is 5.52. The molecule has 0 aromatic carbocycles. The van der Waals surface area contributed by atoms with Gasteiger partial charge in [0.15, 0.2) is 0 Å². The predicted octanol–water partition coefficient (Wildman–Crippen LogP) is 2.43. The number of nitrogens with one attached hydrogen (secondary N) is 1. The number of hydrogen-bond donors (Lipinski definition) is 2. The first kappa shape index (κ1) is 11.0. The summed E-state index contributed by atoms with van der Waals surface area (Å²) in [4.78, 5) is 7.56. The number of thioether (sulfide) groups is 1. The Labute approximate surface area is 95.2 Å². The van der Waals surface area contributed by atoms with E-state index in [1.165, 1.54) is 32.1 Å². The zero-order chi connectivity index (χ0) is 10.5. The van der Waals surface area contributed by atoms with E-state index in [2.05, 4.69) is 9.97 Å². The quantitative estimate of drug-likeness (QED) is 0.827. The van der Waals surface area contributed by atoms with E-state index in [0.717, 1.165) is 22.5 Å². The van der Waals surface area contributed by atoms with Crippen LogP contribution < -0.4 is 5.73 Å². The molecule has 0 radical (unpaired) electrons. The Bertz CT molecular complexity index is 292. The van der Waals surface area contributed by atoms with Crippen LogP contribution in [0.3, 0.4) is 0 Å². The molecule has 15 heavy (non-hydrogen) atoms. The maximum absolute atomic E-state index is 5.52. The van der Waals surface area contributed by atoms with Gasteiger partial charge in [-0.05, 0) is 12.8 Å². The van der Waals surface area contributed by atoms with Crippen molar-refractivity contribution in [2.24, 2.45) is 5.73 Å². The number of H-pyrrole nitrogens is 1. The van der Waals surface area contributed by atoms with Crippen molar-refractivity contribution < 1.29 is 0 Å². The van der Waals surface area contributed by atoms with Gasteiger partial charge in [-0.25, -0.2) is 4.98 Å². The average Bonchev–Trinajstić information content (AvgIpc) is 2.76. The number of nitrogens with zero attached hydrogens (tertiary/aromatic N) is 1. The van der Waals surface area contributed by atoms with Gasteiger partial charge in [0.05, 0.1) is 5.75 Å². The zero-order valence-electron chi connectivity index (χ0n) is 9.04. The summed E-state index contributed by atoms with van der Waals surface area (Å²) in [5.41, 5.74) is 6.56. The first-order valence-electron chi connectivity index (χ1n) is 5.73. The maximum Gasteiger partial charge on any atom is 0.116 e. The lowest BCUT2D eigenvalue weighted by molar-refractivity contribution is 0.516. The molecule has 0 atom stereocenters. The van der Waals surface area contributed by atoms with Crippen molar-refractivity contribution in [1.29, 1.82) is 0 Å². The second-order valence-electron chi connectivity index (χ2n) is 4.13. The molecule has 1 aromatic rings. The van der Waals surface area contributed by atoms with Crippen molar-refractivity contribution >= 4 is 11.8 Å². The van der Waals surface area contributed by atoms with Gasteiger partial charge in [-0.3, -0.25) is 0 Å². The molecule has 1 fully saturated rings. The molecule has 0 aliphatic heterocycles. The van der Waals surface area contributed by atoms with E-state index in [4.69, 9.17) is 5.73 Å². The van der Waals surface area contributed by atoms with E-state index in [-0.39, 0.29) is 0 Å². The molecule has 4 heteroatoms. The van der Waals surface area contributed by atoms with Crippen molar-refractivity contribution in [3.8, 4) is 0 Å². The Kier molecular flexibility index (Phi) is 4.09. The molecular weight excluding hydrogens is 206 g/mol. The van der Waals surface area contributed by atoms with E-state index < -0.39 is 0 Å². The number of aromatic amines is 1. The molecule has 0 unspecified atom stereocenters. The van der Waals surface area contributed by atoms with Crippen molar-refractivity contribution in [2.45, 2.75) is 49.7 Å². The molecule has 3 N–H and O–H groups in total. The van der Waals surface area contributed by atoms with Crippen LogP contribution in [0.5, 0.6) is 0 Å². The SMILES string of the molecule is NCc1cnc(CSC2CCCCC2)[nH]1. The minimum Gasteiger partial charge on any atom is -0.344 e. The van der Waals surface area contributed by atoms with Crippen molar-refractivity contribution in [2.75, 3.05) is 0 Å². The molecule has 84 valence electrons. The summed E-state index contributed by atoms with van der Waals surface area (Å²) in [6, 6.07) is 0. The highest BCUT2D eigenvalue weighted by atomic mass is 32.2. The largest absolute Gasteiger partial charge is 0.344 e. The number of imidazole rings is 1. The summed E-state index contributed by atoms with van der Waals surface area (Å²) in [5, 5.41) is 0.852. The summed E-state index contributed by atoms with van der Waals surface area (Å²) in [6.07, 6.45) is 8.85. The van der Waals surface area contributed by atoms with Gasteiger partial charge in [-0.15, -0.1) is 0 Å². The van der Waals surface area contributed by atoms with Gasteiger partial charge in [0, 0.05) is 23.7 Å². The summed E-state index contributed by atoms with van der Waals surface area (Å²) in [5.74, 6) is 2.08. The van der Waals surface area contributed by atoms with Crippen LogP contribution >= 0.6 is 11.8 Å². The minimum absolute atomic E-state index is 0.557. The molecule has 1 aliphatic carbocycles. The highest BCUT2D eigenvalue weighted by molar-refractivity contribution is 7.99. The summed E-state index contributed by atoms with van der Waals surface area (Å²) in [7, 11) is 0. The van der Waals surface area contributed by atoms with Crippen LogP contribution in [-0.2, 0) is 12.3 Å². The molecule has 1 heterocycles. The van der Waals surface area contributed by atoms with E-state index in [0.29, 0.717) is 6.54 Å². The predicted molar refractivity (Wildman–Crippen MR) is 64.6 cm³/mol. The van der Waals surface area contributed by atoms with Gasteiger partial charge >= 0.3 is 0 Å². The third-order valence-electron chi connectivity index (χ3n) is 2.91. The Morgan fingerprint density at radius 3 is 2.87 bits per heavy atom. The van der Waals surface area contributed by atoms with E-state index in [1.54, 1.807) is 0 Å². The lowest BCUT2D eigenvalue weighted by Crippen LogP contribution is -2.08. The van der Waals surface area contributed by atoms with Gasteiger partial charge in [0.2, 0.25) is 0 Å². The second kappa shape index (κ2) is 5.56. The summed E-state index contributed by atoms with van der Waals surface area (Å²) >= 11 is 2.04. The average molecular weight is 225 g/mol. The summed E-state index contributed by atoms with van der Waals surface area (Å²) < 4.78 is 0. The van der Waals surface area contributed by atoms with E-state index in [1.807, 2.05) is 18.0 Å². The van der Waals surface area contributed by atoms with Crippen molar-refractivity contribution in [1.82, 2.24) is 9.97 Å². The molecular formula is C11H19N3S. The molecule has 1 aliphatic rings. The molecule has 3 nitrogen and oxygen atoms in total. The van der Waals surface area contributed by atoms with Gasteiger partial charge in [0.25, 0.3) is 0 Å². The van der Waals surface area contributed by atoms with Gasteiger partial charge < -0.3 is 10.7 Å². The monoisotopic (exact) mass is 225 g/mol. The molecule has 0 saturated heterocycles. The highest BCUT2D eigenvalue weighted by Gasteiger charge is 2.14.